The van der Waals surface area contributed by atoms with E-state index >= 15 is 0 Å². The summed E-state index contributed by atoms with van der Waals surface area (Å²) >= 11 is 0. The van der Waals surface area contributed by atoms with Crippen LogP contribution in [0.2, 0.25) is 0 Å². The summed E-state index contributed by atoms with van der Waals surface area (Å²) in [6.07, 6.45) is 5.79. The second-order valence-electron chi connectivity index (χ2n) is 7.03. The molecule has 0 radical (unpaired) electrons. The number of benzene rings is 2. The molecule has 2 aromatic carbocycles. The highest BCUT2D eigenvalue weighted by Crippen LogP contribution is 2.28. The van der Waals surface area contributed by atoms with Gasteiger partial charge in [0.1, 0.15) is 5.76 Å². The van der Waals surface area contributed by atoms with E-state index in [4.69, 9.17) is 4.42 Å². The zero-order chi connectivity index (χ0) is 20.3. The van der Waals surface area contributed by atoms with Crippen LogP contribution in [0.5, 0.6) is 0 Å². The molecule has 1 aliphatic rings. The minimum atomic E-state index is -3.69. The number of furan rings is 1. The fraction of sp³-hybridized carbons (Fsp3) is 0.227. The van der Waals surface area contributed by atoms with Gasteiger partial charge in [-0.1, -0.05) is 12.1 Å². The number of carbonyl (C=O) groups is 1. The Bertz CT molecular complexity index is 1100. The van der Waals surface area contributed by atoms with Crippen LogP contribution in [-0.2, 0) is 29.4 Å². The number of nitrogens with one attached hydrogen (secondary N) is 2. The average Bonchev–Trinajstić information content (AvgIpc) is 3.26. The number of fused-ring (bicyclic) bond motifs is 1. The van der Waals surface area contributed by atoms with Crippen molar-refractivity contribution >= 4 is 21.6 Å². The molecule has 29 heavy (non-hydrogen) atoms. The summed E-state index contributed by atoms with van der Waals surface area (Å²) in [5, 5.41) is 2.97. The van der Waals surface area contributed by atoms with Gasteiger partial charge < -0.3 is 9.73 Å². The lowest BCUT2D eigenvalue weighted by Gasteiger charge is -2.19. The lowest BCUT2D eigenvalue weighted by Crippen LogP contribution is -2.23. The van der Waals surface area contributed by atoms with Crippen LogP contribution < -0.4 is 10.0 Å². The van der Waals surface area contributed by atoms with Crippen molar-refractivity contribution in [2.75, 3.05) is 5.32 Å². The van der Waals surface area contributed by atoms with E-state index in [-0.39, 0.29) is 17.3 Å². The first-order valence-electron chi connectivity index (χ1n) is 9.57. The van der Waals surface area contributed by atoms with Gasteiger partial charge in [-0.15, -0.1) is 0 Å². The Balaban J connectivity index is 1.46. The molecule has 1 amide bonds. The highest BCUT2D eigenvalue weighted by Gasteiger charge is 2.17. The van der Waals surface area contributed by atoms with Crippen LogP contribution >= 0.6 is 0 Å². The average molecular weight is 410 g/mol. The van der Waals surface area contributed by atoms with Gasteiger partial charge >= 0.3 is 0 Å². The van der Waals surface area contributed by atoms with Crippen LogP contribution in [0.25, 0.3) is 0 Å². The Morgan fingerprint density at radius 1 is 0.966 bits per heavy atom. The first-order valence-corrected chi connectivity index (χ1v) is 11.1. The van der Waals surface area contributed by atoms with Gasteiger partial charge in [0.2, 0.25) is 10.0 Å². The summed E-state index contributed by atoms with van der Waals surface area (Å²) in [4.78, 5) is 12.7. The van der Waals surface area contributed by atoms with E-state index in [1.807, 2.05) is 12.1 Å². The van der Waals surface area contributed by atoms with Gasteiger partial charge in [0, 0.05) is 11.3 Å². The summed E-state index contributed by atoms with van der Waals surface area (Å²) in [6.45, 7) is 0.0662. The van der Waals surface area contributed by atoms with Crippen LogP contribution in [0.15, 0.2) is 70.2 Å². The lowest BCUT2D eigenvalue weighted by atomic mass is 9.90. The molecule has 0 bridgehead atoms. The normalized spacial score (nSPS) is 13.7. The van der Waals surface area contributed by atoms with Crippen LogP contribution in [0.4, 0.5) is 5.69 Å². The molecule has 2 N–H and O–H groups in total. The van der Waals surface area contributed by atoms with Crippen molar-refractivity contribution in [2.45, 2.75) is 37.1 Å². The highest BCUT2D eigenvalue weighted by molar-refractivity contribution is 7.89. The van der Waals surface area contributed by atoms with Crippen LogP contribution in [0, 0.1) is 0 Å². The van der Waals surface area contributed by atoms with Crippen LogP contribution in [0.1, 0.15) is 40.1 Å². The van der Waals surface area contributed by atoms with Crippen molar-refractivity contribution in [3.8, 4) is 0 Å². The first-order chi connectivity index (χ1) is 14.0. The Labute approximate surface area is 170 Å². The summed E-state index contributed by atoms with van der Waals surface area (Å²) in [5.41, 5.74) is 3.74. The van der Waals surface area contributed by atoms with E-state index in [1.54, 1.807) is 12.1 Å². The summed E-state index contributed by atoms with van der Waals surface area (Å²) in [7, 11) is -3.69. The molecular weight excluding hydrogens is 388 g/mol. The van der Waals surface area contributed by atoms with Crippen molar-refractivity contribution in [2.24, 2.45) is 0 Å². The number of sulfonamides is 1. The molecule has 0 saturated carbocycles. The molecule has 150 valence electrons. The summed E-state index contributed by atoms with van der Waals surface area (Å²) < 4.78 is 32.4. The van der Waals surface area contributed by atoms with E-state index in [1.165, 1.54) is 48.1 Å². The zero-order valence-corrected chi connectivity index (χ0v) is 16.7. The third kappa shape index (κ3) is 4.41. The number of aryl methyl sites for hydroxylation is 1. The van der Waals surface area contributed by atoms with Crippen molar-refractivity contribution in [3.05, 3.63) is 83.3 Å². The summed E-state index contributed by atoms with van der Waals surface area (Å²) in [5.74, 6) is 0.271. The molecule has 0 aliphatic heterocycles. The molecule has 1 aromatic heterocycles. The van der Waals surface area contributed by atoms with Crippen molar-refractivity contribution < 1.29 is 17.6 Å². The molecule has 0 atom stereocenters. The van der Waals surface area contributed by atoms with Gasteiger partial charge in [-0.3, -0.25) is 4.79 Å². The monoisotopic (exact) mass is 410 g/mol. The Hall–Kier alpha value is -2.90. The fourth-order valence-electron chi connectivity index (χ4n) is 3.54. The van der Waals surface area contributed by atoms with Crippen molar-refractivity contribution in [1.29, 1.82) is 0 Å². The predicted molar refractivity (Wildman–Crippen MR) is 110 cm³/mol. The van der Waals surface area contributed by atoms with Gasteiger partial charge in [-0.2, -0.15) is 0 Å². The second kappa shape index (κ2) is 8.23. The molecule has 0 fully saturated rings. The van der Waals surface area contributed by atoms with E-state index in [2.05, 4.69) is 16.1 Å². The number of hydrogen-bond acceptors (Lipinski definition) is 4. The van der Waals surface area contributed by atoms with Crippen molar-refractivity contribution in [3.63, 3.8) is 0 Å². The standard InChI is InChI=1S/C22H22N2O4S/c25-22(24-21-9-3-6-16-5-1-2-8-20(16)21)17-10-12-19(13-11-17)29(26,27)23-15-18-7-4-14-28-18/h3-4,6-7,9-14,23H,1-2,5,8,15H2,(H,24,25). The quantitative estimate of drug-likeness (QED) is 0.645. The minimum Gasteiger partial charge on any atom is -0.468 e. The van der Waals surface area contributed by atoms with E-state index in [0.717, 1.165) is 24.9 Å². The van der Waals surface area contributed by atoms with Gasteiger partial charge in [0.15, 0.2) is 0 Å². The van der Waals surface area contributed by atoms with Gasteiger partial charge in [-0.25, -0.2) is 13.1 Å². The van der Waals surface area contributed by atoms with E-state index in [0.29, 0.717) is 11.3 Å². The number of anilines is 1. The topological polar surface area (TPSA) is 88.4 Å². The molecule has 0 unspecified atom stereocenters. The lowest BCUT2D eigenvalue weighted by molar-refractivity contribution is 0.102. The molecule has 7 heteroatoms. The van der Waals surface area contributed by atoms with Gasteiger partial charge in [0.25, 0.3) is 5.91 Å². The van der Waals surface area contributed by atoms with Gasteiger partial charge in [0.05, 0.1) is 17.7 Å². The number of hydrogen-bond donors (Lipinski definition) is 2. The molecular formula is C22H22N2O4S. The minimum absolute atomic E-state index is 0.0662. The van der Waals surface area contributed by atoms with E-state index < -0.39 is 10.0 Å². The highest BCUT2D eigenvalue weighted by atomic mass is 32.2. The molecule has 1 heterocycles. The van der Waals surface area contributed by atoms with Crippen LogP contribution in [0.3, 0.4) is 0 Å². The second-order valence-corrected chi connectivity index (χ2v) is 8.80. The zero-order valence-electron chi connectivity index (χ0n) is 15.9. The maximum atomic E-state index is 12.7. The number of amides is 1. The maximum Gasteiger partial charge on any atom is 0.255 e. The maximum absolute atomic E-state index is 12.7. The SMILES string of the molecule is O=C(Nc1cccc2c1CCCC2)c1ccc(S(=O)(=O)NCc2ccco2)cc1. The molecule has 1 aliphatic carbocycles. The Kier molecular flexibility index (Phi) is 5.51. The Morgan fingerprint density at radius 3 is 2.52 bits per heavy atom. The largest absolute Gasteiger partial charge is 0.468 e. The number of carbonyl (C=O) groups excluding carboxylic acids is 1. The number of rotatable bonds is 6. The molecule has 3 aromatic rings. The third-order valence-corrected chi connectivity index (χ3v) is 6.50. The first kappa shape index (κ1) is 19.4. The Morgan fingerprint density at radius 2 is 1.76 bits per heavy atom. The summed E-state index contributed by atoms with van der Waals surface area (Å²) in [6, 6.07) is 15.3. The molecule has 0 spiro atoms. The molecule has 6 nitrogen and oxygen atoms in total. The third-order valence-electron chi connectivity index (χ3n) is 5.09. The smallest absolute Gasteiger partial charge is 0.255 e. The molecule has 4 rings (SSSR count). The molecule has 0 saturated heterocycles. The van der Waals surface area contributed by atoms with E-state index in [9.17, 15) is 13.2 Å². The van der Waals surface area contributed by atoms with Gasteiger partial charge in [-0.05, 0) is 79.3 Å². The van der Waals surface area contributed by atoms with Crippen molar-refractivity contribution in [1.82, 2.24) is 4.72 Å². The predicted octanol–water partition coefficient (Wildman–Crippen LogP) is 3.89. The fourth-order valence-corrected chi connectivity index (χ4v) is 4.53. The van der Waals surface area contributed by atoms with Crippen LogP contribution in [-0.4, -0.2) is 14.3 Å².